The molecule has 1 aliphatic rings. The number of morpholine rings is 1. The van der Waals surface area contributed by atoms with Gasteiger partial charge < -0.3 is 20.1 Å². The van der Waals surface area contributed by atoms with Crippen LogP contribution >= 0.6 is 0 Å². The normalized spacial score (nSPS) is 15.0. The van der Waals surface area contributed by atoms with Gasteiger partial charge in [-0.05, 0) is 31.2 Å². The number of aromatic nitrogens is 2. The van der Waals surface area contributed by atoms with Crippen LogP contribution in [-0.4, -0.2) is 61.4 Å². The lowest BCUT2D eigenvalue weighted by Crippen LogP contribution is -2.39. The molecule has 25 heavy (non-hydrogen) atoms. The van der Waals surface area contributed by atoms with Crippen molar-refractivity contribution in [2.75, 3.05) is 57.1 Å². The fraction of sp³-hybridized carbons (Fsp3) is 0.444. The van der Waals surface area contributed by atoms with Crippen molar-refractivity contribution >= 4 is 17.5 Å². The third-order valence-electron chi connectivity index (χ3n) is 4.03. The molecular formula is C18H25N5O2. The van der Waals surface area contributed by atoms with Crippen molar-refractivity contribution in [3.63, 3.8) is 0 Å². The lowest BCUT2D eigenvalue weighted by molar-refractivity contribution is 0.0398. The maximum absolute atomic E-state index is 5.36. The number of rotatable bonds is 7. The third-order valence-corrected chi connectivity index (χ3v) is 4.03. The molecule has 0 aliphatic carbocycles. The van der Waals surface area contributed by atoms with Crippen LogP contribution < -0.4 is 15.4 Å². The summed E-state index contributed by atoms with van der Waals surface area (Å²) in [5.74, 6) is 2.24. The summed E-state index contributed by atoms with van der Waals surface area (Å²) in [6, 6.07) is 9.68. The minimum atomic E-state index is 0.643. The van der Waals surface area contributed by atoms with E-state index >= 15 is 0 Å². The Bertz CT molecular complexity index is 672. The summed E-state index contributed by atoms with van der Waals surface area (Å²) in [5, 5.41) is 6.62. The van der Waals surface area contributed by atoms with E-state index in [9.17, 15) is 0 Å². The Kier molecular flexibility index (Phi) is 6.03. The van der Waals surface area contributed by atoms with E-state index < -0.39 is 0 Å². The molecule has 0 spiro atoms. The average Bonchev–Trinajstić information content (AvgIpc) is 2.63. The van der Waals surface area contributed by atoms with E-state index in [1.807, 2.05) is 37.3 Å². The van der Waals surface area contributed by atoms with Gasteiger partial charge in [-0.15, -0.1) is 0 Å². The summed E-state index contributed by atoms with van der Waals surface area (Å²) in [7, 11) is 1.66. The summed E-state index contributed by atoms with van der Waals surface area (Å²) in [4.78, 5) is 11.4. The van der Waals surface area contributed by atoms with Gasteiger partial charge in [-0.2, -0.15) is 4.98 Å². The number of hydrogen-bond donors (Lipinski definition) is 2. The van der Waals surface area contributed by atoms with Crippen molar-refractivity contribution in [2.45, 2.75) is 6.92 Å². The third kappa shape index (κ3) is 5.30. The van der Waals surface area contributed by atoms with Crippen molar-refractivity contribution in [3.05, 3.63) is 36.0 Å². The first-order valence-electron chi connectivity index (χ1n) is 8.54. The van der Waals surface area contributed by atoms with Crippen LogP contribution in [0.4, 0.5) is 17.5 Å². The van der Waals surface area contributed by atoms with Crippen molar-refractivity contribution in [1.82, 2.24) is 14.9 Å². The van der Waals surface area contributed by atoms with Gasteiger partial charge in [0, 0.05) is 43.6 Å². The molecule has 1 aromatic carbocycles. The Balaban J connectivity index is 1.57. The zero-order valence-corrected chi connectivity index (χ0v) is 14.8. The van der Waals surface area contributed by atoms with Crippen LogP contribution in [0, 0.1) is 6.92 Å². The zero-order valence-electron chi connectivity index (χ0n) is 14.8. The molecule has 134 valence electrons. The molecule has 7 heteroatoms. The number of ether oxygens (including phenoxy) is 2. The van der Waals surface area contributed by atoms with Gasteiger partial charge in [-0.3, -0.25) is 4.90 Å². The minimum Gasteiger partial charge on any atom is -0.497 e. The van der Waals surface area contributed by atoms with Crippen molar-refractivity contribution in [2.24, 2.45) is 0 Å². The van der Waals surface area contributed by atoms with E-state index in [1.165, 1.54) is 0 Å². The highest BCUT2D eigenvalue weighted by Gasteiger charge is 2.10. The van der Waals surface area contributed by atoms with Crippen molar-refractivity contribution in [3.8, 4) is 5.75 Å². The Hall–Kier alpha value is -2.38. The van der Waals surface area contributed by atoms with Crippen LogP contribution in [0.1, 0.15) is 5.69 Å². The Labute approximate surface area is 148 Å². The molecule has 2 heterocycles. The minimum absolute atomic E-state index is 0.643. The molecule has 7 nitrogen and oxygen atoms in total. The van der Waals surface area contributed by atoms with Crippen molar-refractivity contribution in [1.29, 1.82) is 0 Å². The standard InChI is InChI=1S/C18H25N5O2/c1-14-13-17(21-15-3-5-16(24-2)6-4-15)22-18(20-14)19-7-8-23-9-11-25-12-10-23/h3-6,13H,7-12H2,1-2H3,(H2,19,20,21,22). The Morgan fingerprint density at radius 1 is 1.16 bits per heavy atom. The van der Waals surface area contributed by atoms with E-state index in [1.54, 1.807) is 7.11 Å². The van der Waals surface area contributed by atoms with Gasteiger partial charge in [-0.25, -0.2) is 4.98 Å². The number of aryl methyl sites for hydroxylation is 1. The van der Waals surface area contributed by atoms with Crippen LogP contribution in [0.25, 0.3) is 0 Å². The second-order valence-electron chi connectivity index (χ2n) is 5.95. The zero-order chi connectivity index (χ0) is 17.5. The summed E-state index contributed by atoms with van der Waals surface area (Å²) in [6.07, 6.45) is 0. The quantitative estimate of drug-likeness (QED) is 0.799. The molecule has 1 aromatic heterocycles. The number of benzene rings is 1. The van der Waals surface area contributed by atoms with Gasteiger partial charge in [0.25, 0.3) is 0 Å². The Morgan fingerprint density at radius 2 is 1.92 bits per heavy atom. The largest absolute Gasteiger partial charge is 0.497 e. The number of anilines is 3. The molecule has 0 saturated carbocycles. The van der Waals surface area contributed by atoms with Crippen LogP contribution in [0.5, 0.6) is 5.75 Å². The topological polar surface area (TPSA) is 71.5 Å². The molecule has 2 aromatic rings. The van der Waals surface area contributed by atoms with Gasteiger partial charge in [0.05, 0.1) is 20.3 Å². The first-order valence-corrected chi connectivity index (χ1v) is 8.54. The SMILES string of the molecule is COc1ccc(Nc2cc(C)nc(NCCN3CCOCC3)n2)cc1. The molecule has 3 rings (SSSR count). The summed E-state index contributed by atoms with van der Waals surface area (Å²) in [6.45, 7) is 7.34. The van der Waals surface area contributed by atoms with E-state index in [4.69, 9.17) is 9.47 Å². The van der Waals surface area contributed by atoms with Crippen LogP contribution in [-0.2, 0) is 4.74 Å². The molecular weight excluding hydrogens is 318 g/mol. The predicted octanol–water partition coefficient (Wildman–Crippen LogP) is 2.28. The first kappa shape index (κ1) is 17.4. The smallest absolute Gasteiger partial charge is 0.224 e. The maximum atomic E-state index is 5.36. The highest BCUT2D eigenvalue weighted by molar-refractivity contribution is 5.58. The lowest BCUT2D eigenvalue weighted by Gasteiger charge is -2.26. The number of nitrogens with zero attached hydrogens (tertiary/aromatic N) is 3. The fourth-order valence-corrected chi connectivity index (χ4v) is 2.68. The summed E-state index contributed by atoms with van der Waals surface area (Å²) < 4.78 is 10.5. The second-order valence-corrected chi connectivity index (χ2v) is 5.95. The molecule has 0 bridgehead atoms. The number of nitrogens with one attached hydrogen (secondary N) is 2. The van der Waals surface area contributed by atoms with Crippen molar-refractivity contribution < 1.29 is 9.47 Å². The highest BCUT2D eigenvalue weighted by atomic mass is 16.5. The lowest BCUT2D eigenvalue weighted by atomic mass is 10.3. The van der Waals surface area contributed by atoms with Gasteiger partial charge in [0.2, 0.25) is 5.95 Å². The molecule has 2 N–H and O–H groups in total. The number of methoxy groups -OCH3 is 1. The summed E-state index contributed by atoms with van der Waals surface area (Å²) >= 11 is 0. The molecule has 0 amide bonds. The molecule has 1 aliphatic heterocycles. The predicted molar refractivity (Wildman–Crippen MR) is 98.8 cm³/mol. The van der Waals surface area contributed by atoms with Gasteiger partial charge in [-0.1, -0.05) is 0 Å². The fourth-order valence-electron chi connectivity index (χ4n) is 2.68. The molecule has 0 atom stereocenters. The van der Waals surface area contributed by atoms with Crippen LogP contribution in [0.15, 0.2) is 30.3 Å². The second kappa shape index (κ2) is 8.64. The van der Waals surface area contributed by atoms with E-state index in [-0.39, 0.29) is 0 Å². The van der Waals surface area contributed by atoms with E-state index in [0.29, 0.717) is 5.95 Å². The van der Waals surface area contributed by atoms with Gasteiger partial charge >= 0.3 is 0 Å². The van der Waals surface area contributed by atoms with E-state index in [2.05, 4.69) is 25.5 Å². The summed E-state index contributed by atoms with van der Waals surface area (Å²) in [5.41, 5.74) is 1.87. The monoisotopic (exact) mass is 343 g/mol. The first-order chi connectivity index (χ1) is 12.2. The van der Waals surface area contributed by atoms with Gasteiger partial charge in [0.1, 0.15) is 11.6 Å². The maximum Gasteiger partial charge on any atom is 0.224 e. The average molecular weight is 343 g/mol. The highest BCUT2D eigenvalue weighted by Crippen LogP contribution is 2.19. The number of hydrogen-bond acceptors (Lipinski definition) is 7. The van der Waals surface area contributed by atoms with E-state index in [0.717, 1.165) is 62.3 Å². The molecule has 1 fully saturated rings. The van der Waals surface area contributed by atoms with Crippen LogP contribution in [0.3, 0.4) is 0 Å². The molecule has 1 saturated heterocycles. The van der Waals surface area contributed by atoms with Crippen LogP contribution in [0.2, 0.25) is 0 Å². The van der Waals surface area contributed by atoms with Gasteiger partial charge in [0.15, 0.2) is 0 Å². The Morgan fingerprint density at radius 3 is 2.64 bits per heavy atom. The molecule has 0 unspecified atom stereocenters. The molecule has 0 radical (unpaired) electrons.